The van der Waals surface area contributed by atoms with Crippen molar-refractivity contribution in [2.45, 2.75) is 13.8 Å². The maximum absolute atomic E-state index is 5.65. The molecule has 0 bridgehead atoms. The van der Waals surface area contributed by atoms with Gasteiger partial charge in [0.2, 0.25) is 5.88 Å². The van der Waals surface area contributed by atoms with Gasteiger partial charge >= 0.3 is 0 Å². The van der Waals surface area contributed by atoms with Gasteiger partial charge in [0.05, 0.1) is 11.4 Å². The summed E-state index contributed by atoms with van der Waals surface area (Å²) in [5, 5.41) is 0. The van der Waals surface area contributed by atoms with Crippen molar-refractivity contribution in [2.75, 3.05) is 0 Å². The summed E-state index contributed by atoms with van der Waals surface area (Å²) in [6.45, 7) is 3.83. The molecule has 0 fully saturated rings. The molecule has 2 aromatic heterocycles. The second-order valence-corrected chi connectivity index (χ2v) is 4.26. The molecule has 16 heavy (non-hydrogen) atoms. The van der Waals surface area contributed by atoms with Crippen LogP contribution in [0.5, 0.6) is 11.6 Å². The van der Waals surface area contributed by atoms with E-state index in [-0.39, 0.29) is 0 Å². The van der Waals surface area contributed by atoms with Crippen LogP contribution < -0.4 is 4.74 Å². The van der Waals surface area contributed by atoms with Crippen LogP contribution in [0.4, 0.5) is 0 Å². The SMILES string of the molecule is Cc1nc(Oc2cccnc2C)ccc1Br. The van der Waals surface area contributed by atoms with Gasteiger partial charge in [0, 0.05) is 16.7 Å². The minimum atomic E-state index is 0.580. The van der Waals surface area contributed by atoms with Crippen LogP contribution in [0.1, 0.15) is 11.4 Å². The first-order valence-corrected chi connectivity index (χ1v) is 5.69. The Bertz CT molecular complexity index is 514. The summed E-state index contributed by atoms with van der Waals surface area (Å²) in [6, 6.07) is 7.46. The third kappa shape index (κ3) is 2.39. The molecule has 0 aliphatic carbocycles. The minimum Gasteiger partial charge on any atom is -0.437 e. The largest absolute Gasteiger partial charge is 0.437 e. The van der Waals surface area contributed by atoms with Gasteiger partial charge in [-0.25, -0.2) is 4.98 Å². The molecule has 2 rings (SSSR count). The minimum absolute atomic E-state index is 0.580. The van der Waals surface area contributed by atoms with Crippen LogP contribution in [0.25, 0.3) is 0 Å². The number of hydrogen-bond donors (Lipinski definition) is 0. The molecule has 0 atom stereocenters. The average Bonchev–Trinajstić information content (AvgIpc) is 2.27. The van der Waals surface area contributed by atoms with Gasteiger partial charge in [-0.1, -0.05) is 0 Å². The van der Waals surface area contributed by atoms with E-state index < -0.39 is 0 Å². The van der Waals surface area contributed by atoms with Crippen molar-refractivity contribution in [3.63, 3.8) is 0 Å². The van der Waals surface area contributed by atoms with Gasteiger partial charge in [0.15, 0.2) is 5.75 Å². The Hall–Kier alpha value is -1.42. The summed E-state index contributed by atoms with van der Waals surface area (Å²) in [5.74, 6) is 1.31. The zero-order valence-electron chi connectivity index (χ0n) is 9.07. The first-order valence-electron chi connectivity index (χ1n) is 4.89. The van der Waals surface area contributed by atoms with Gasteiger partial charge < -0.3 is 4.74 Å². The maximum atomic E-state index is 5.65. The summed E-state index contributed by atoms with van der Waals surface area (Å²) in [5.41, 5.74) is 1.75. The molecule has 0 aromatic carbocycles. The predicted molar refractivity (Wildman–Crippen MR) is 65.7 cm³/mol. The van der Waals surface area contributed by atoms with Crippen LogP contribution >= 0.6 is 15.9 Å². The van der Waals surface area contributed by atoms with Crippen molar-refractivity contribution in [2.24, 2.45) is 0 Å². The summed E-state index contributed by atoms with van der Waals surface area (Å²) >= 11 is 3.40. The number of aromatic nitrogens is 2. The quantitative estimate of drug-likeness (QED) is 0.841. The highest BCUT2D eigenvalue weighted by Gasteiger charge is 2.04. The van der Waals surface area contributed by atoms with Crippen LogP contribution in [0.2, 0.25) is 0 Å². The van der Waals surface area contributed by atoms with Crippen LogP contribution in [0.15, 0.2) is 34.9 Å². The highest BCUT2D eigenvalue weighted by molar-refractivity contribution is 9.10. The fourth-order valence-electron chi connectivity index (χ4n) is 1.27. The predicted octanol–water partition coefficient (Wildman–Crippen LogP) is 3.65. The first-order chi connectivity index (χ1) is 7.66. The lowest BCUT2D eigenvalue weighted by molar-refractivity contribution is 0.455. The normalized spacial score (nSPS) is 10.2. The van der Waals surface area contributed by atoms with Crippen molar-refractivity contribution < 1.29 is 4.74 Å². The fourth-order valence-corrected chi connectivity index (χ4v) is 1.49. The molecule has 3 nitrogen and oxygen atoms in total. The molecule has 0 unspecified atom stereocenters. The molecule has 0 saturated heterocycles. The van der Waals surface area contributed by atoms with Gasteiger partial charge in [0.1, 0.15) is 0 Å². The third-order valence-electron chi connectivity index (χ3n) is 2.17. The Balaban J connectivity index is 2.28. The molecule has 0 aliphatic heterocycles. The van der Waals surface area contributed by atoms with Crippen molar-refractivity contribution >= 4 is 15.9 Å². The standard InChI is InChI=1S/C12H11BrN2O/c1-8-10(13)5-6-12(15-8)16-11-4-3-7-14-9(11)2/h3-7H,1-2H3. The maximum Gasteiger partial charge on any atom is 0.219 e. The van der Waals surface area contributed by atoms with Gasteiger partial charge in [0.25, 0.3) is 0 Å². The summed E-state index contributed by atoms with van der Waals surface area (Å²) in [7, 11) is 0. The van der Waals surface area contributed by atoms with E-state index in [1.807, 2.05) is 38.1 Å². The Morgan fingerprint density at radius 1 is 1.12 bits per heavy atom. The van der Waals surface area contributed by atoms with E-state index in [4.69, 9.17) is 4.74 Å². The molecule has 4 heteroatoms. The van der Waals surface area contributed by atoms with Crippen LogP contribution in [-0.2, 0) is 0 Å². The zero-order chi connectivity index (χ0) is 11.5. The molecule has 0 N–H and O–H groups in total. The zero-order valence-corrected chi connectivity index (χ0v) is 10.7. The van der Waals surface area contributed by atoms with E-state index in [0.717, 1.165) is 21.6 Å². The van der Waals surface area contributed by atoms with Crippen LogP contribution in [0, 0.1) is 13.8 Å². The molecule has 0 amide bonds. The molecule has 82 valence electrons. The number of nitrogens with zero attached hydrogens (tertiary/aromatic N) is 2. The molecule has 0 spiro atoms. The number of aryl methyl sites for hydroxylation is 2. The first kappa shape index (κ1) is 11.1. The van der Waals surface area contributed by atoms with Crippen molar-refractivity contribution in [3.8, 4) is 11.6 Å². The van der Waals surface area contributed by atoms with Crippen LogP contribution in [-0.4, -0.2) is 9.97 Å². The van der Waals surface area contributed by atoms with Gasteiger partial charge in [-0.3, -0.25) is 4.98 Å². The second-order valence-electron chi connectivity index (χ2n) is 3.41. The fraction of sp³-hybridized carbons (Fsp3) is 0.167. The third-order valence-corrected chi connectivity index (χ3v) is 3.01. The molecule has 0 aliphatic rings. The van der Waals surface area contributed by atoms with Crippen molar-refractivity contribution in [1.82, 2.24) is 9.97 Å². The Kier molecular flexibility index (Phi) is 3.19. The van der Waals surface area contributed by atoms with Gasteiger partial charge in [-0.2, -0.15) is 0 Å². The second kappa shape index (κ2) is 4.61. The Labute approximate surface area is 103 Å². The number of pyridine rings is 2. The average molecular weight is 279 g/mol. The van der Waals surface area contributed by atoms with E-state index in [0.29, 0.717) is 5.88 Å². The Morgan fingerprint density at radius 2 is 1.94 bits per heavy atom. The summed E-state index contributed by atoms with van der Waals surface area (Å²) in [4.78, 5) is 8.47. The summed E-state index contributed by atoms with van der Waals surface area (Å²) in [6.07, 6.45) is 1.74. The van der Waals surface area contributed by atoms with E-state index in [2.05, 4.69) is 25.9 Å². The molecular weight excluding hydrogens is 268 g/mol. The van der Waals surface area contributed by atoms with Crippen LogP contribution in [0.3, 0.4) is 0 Å². The van der Waals surface area contributed by atoms with E-state index >= 15 is 0 Å². The molecular formula is C12H11BrN2O. The number of ether oxygens (including phenoxy) is 1. The highest BCUT2D eigenvalue weighted by Crippen LogP contribution is 2.24. The highest BCUT2D eigenvalue weighted by atomic mass is 79.9. The molecule has 0 radical (unpaired) electrons. The van der Waals surface area contributed by atoms with Gasteiger partial charge in [-0.05, 0) is 48.0 Å². The van der Waals surface area contributed by atoms with E-state index in [1.54, 1.807) is 6.20 Å². The Morgan fingerprint density at radius 3 is 2.62 bits per heavy atom. The van der Waals surface area contributed by atoms with E-state index in [9.17, 15) is 0 Å². The number of rotatable bonds is 2. The van der Waals surface area contributed by atoms with Gasteiger partial charge in [-0.15, -0.1) is 0 Å². The van der Waals surface area contributed by atoms with Crippen molar-refractivity contribution in [1.29, 1.82) is 0 Å². The number of halogens is 1. The topological polar surface area (TPSA) is 35.0 Å². The monoisotopic (exact) mass is 278 g/mol. The molecule has 2 aromatic rings. The molecule has 0 saturated carbocycles. The lowest BCUT2D eigenvalue weighted by atomic mass is 10.3. The molecule has 2 heterocycles. The smallest absolute Gasteiger partial charge is 0.219 e. The van der Waals surface area contributed by atoms with Crippen molar-refractivity contribution in [3.05, 3.63) is 46.3 Å². The van der Waals surface area contributed by atoms with E-state index in [1.165, 1.54) is 0 Å². The lowest BCUT2D eigenvalue weighted by Crippen LogP contribution is -1.93. The summed E-state index contributed by atoms with van der Waals surface area (Å²) < 4.78 is 6.63. The lowest BCUT2D eigenvalue weighted by Gasteiger charge is -2.07. The number of hydrogen-bond acceptors (Lipinski definition) is 3.